The minimum atomic E-state index is -3.82. The fourth-order valence-corrected chi connectivity index (χ4v) is 2.78. The molecule has 0 bridgehead atoms. The lowest BCUT2D eigenvalue weighted by Crippen LogP contribution is -2.12. The number of benzene rings is 1. The van der Waals surface area contributed by atoms with Crippen molar-refractivity contribution in [3.63, 3.8) is 0 Å². The molecule has 0 unspecified atom stereocenters. The van der Waals surface area contributed by atoms with E-state index in [2.05, 4.69) is 10.2 Å². The zero-order valence-electron chi connectivity index (χ0n) is 7.79. The Hall–Kier alpha value is -1.02. The number of nitrogens with zero attached hydrogens (tertiary/aromatic N) is 2. The van der Waals surface area contributed by atoms with Crippen LogP contribution in [0.4, 0.5) is 0 Å². The van der Waals surface area contributed by atoms with Crippen molar-refractivity contribution in [1.82, 2.24) is 10.2 Å². The van der Waals surface area contributed by atoms with Gasteiger partial charge in [0.15, 0.2) is 0 Å². The van der Waals surface area contributed by atoms with Crippen LogP contribution in [-0.2, 0) is 10.0 Å². The third kappa shape index (κ3) is 2.22. The smallest absolute Gasteiger partial charge is 0.225 e. The van der Waals surface area contributed by atoms with Crippen LogP contribution in [0.5, 0.6) is 0 Å². The van der Waals surface area contributed by atoms with Gasteiger partial charge in [-0.25, -0.2) is 13.6 Å². The van der Waals surface area contributed by atoms with Crippen molar-refractivity contribution >= 4 is 33.0 Å². The molecule has 16 heavy (non-hydrogen) atoms. The van der Waals surface area contributed by atoms with E-state index < -0.39 is 10.0 Å². The average Bonchev–Trinajstić information content (AvgIpc) is 2.69. The van der Waals surface area contributed by atoms with Gasteiger partial charge in [0.1, 0.15) is 15.4 Å². The minimum Gasteiger partial charge on any atom is -0.225 e. The van der Waals surface area contributed by atoms with Gasteiger partial charge in [-0.15, -0.1) is 10.2 Å². The Kier molecular flexibility index (Phi) is 2.94. The van der Waals surface area contributed by atoms with E-state index >= 15 is 0 Å². The van der Waals surface area contributed by atoms with Gasteiger partial charge in [-0.3, -0.25) is 0 Å². The van der Waals surface area contributed by atoms with Gasteiger partial charge in [0.05, 0.1) is 5.02 Å². The van der Waals surface area contributed by atoms with Crippen molar-refractivity contribution in [2.24, 2.45) is 5.14 Å². The van der Waals surface area contributed by atoms with Crippen molar-refractivity contribution in [3.8, 4) is 10.6 Å². The van der Waals surface area contributed by atoms with Gasteiger partial charge < -0.3 is 0 Å². The van der Waals surface area contributed by atoms with E-state index in [0.717, 1.165) is 0 Å². The van der Waals surface area contributed by atoms with E-state index in [-0.39, 0.29) is 9.92 Å². The second-order valence-electron chi connectivity index (χ2n) is 2.93. The predicted octanol–water partition coefficient (Wildman–Crippen LogP) is 1.51. The van der Waals surface area contributed by atoms with Gasteiger partial charge in [-0.1, -0.05) is 29.0 Å². The molecule has 2 N–H and O–H groups in total. The van der Waals surface area contributed by atoms with Crippen molar-refractivity contribution < 1.29 is 8.42 Å². The Balaban J connectivity index is 2.61. The molecular formula is C8H6ClN3O2S2. The molecule has 0 fully saturated rings. The van der Waals surface area contributed by atoms with Crippen molar-refractivity contribution in [2.75, 3.05) is 0 Å². The number of hydrogen-bond donors (Lipinski definition) is 1. The van der Waals surface area contributed by atoms with Gasteiger partial charge in [-0.2, -0.15) is 0 Å². The second-order valence-corrected chi connectivity index (χ2v) is 5.70. The van der Waals surface area contributed by atoms with Crippen molar-refractivity contribution in [1.29, 1.82) is 0 Å². The summed E-state index contributed by atoms with van der Waals surface area (Å²) in [6.07, 6.45) is 0. The molecule has 0 aliphatic rings. The quantitative estimate of drug-likeness (QED) is 0.900. The van der Waals surface area contributed by atoms with Gasteiger partial charge >= 0.3 is 0 Å². The van der Waals surface area contributed by atoms with Crippen LogP contribution in [0.15, 0.2) is 28.6 Å². The molecule has 0 radical (unpaired) electrons. The molecule has 1 aromatic carbocycles. The lowest BCUT2D eigenvalue weighted by molar-refractivity contribution is 0.598. The molecular weight excluding hydrogens is 270 g/mol. The molecule has 0 saturated heterocycles. The molecule has 1 aromatic heterocycles. The average molecular weight is 276 g/mol. The molecule has 5 nitrogen and oxygen atoms in total. The van der Waals surface area contributed by atoms with E-state index in [4.69, 9.17) is 16.7 Å². The summed E-state index contributed by atoms with van der Waals surface area (Å²) >= 11 is 7.05. The second kappa shape index (κ2) is 4.10. The first-order valence-corrected chi connectivity index (χ1v) is 6.88. The summed E-state index contributed by atoms with van der Waals surface area (Å²) in [6, 6.07) is 4.52. The first-order valence-electron chi connectivity index (χ1n) is 4.07. The first-order chi connectivity index (χ1) is 7.48. The fourth-order valence-electron chi connectivity index (χ4n) is 1.15. The lowest BCUT2D eigenvalue weighted by atomic mass is 10.2. The molecule has 84 valence electrons. The molecule has 0 aliphatic heterocycles. The maximum absolute atomic E-state index is 11.2. The van der Waals surface area contributed by atoms with Crippen LogP contribution in [0.25, 0.3) is 10.6 Å². The Morgan fingerprint density at radius 1 is 1.38 bits per heavy atom. The largest absolute Gasteiger partial charge is 0.239 e. The predicted molar refractivity (Wildman–Crippen MR) is 61.7 cm³/mol. The fraction of sp³-hybridized carbons (Fsp3) is 0. The highest BCUT2D eigenvalue weighted by Crippen LogP contribution is 2.27. The number of sulfonamides is 1. The Bertz CT molecular complexity index is 610. The van der Waals surface area contributed by atoms with Gasteiger partial charge in [0.2, 0.25) is 10.0 Å². The van der Waals surface area contributed by atoms with E-state index in [1.165, 1.54) is 23.5 Å². The molecule has 2 aromatic rings. The van der Waals surface area contributed by atoms with E-state index in [9.17, 15) is 8.42 Å². The van der Waals surface area contributed by atoms with Crippen LogP contribution in [0.1, 0.15) is 0 Å². The molecule has 0 amide bonds. The SMILES string of the molecule is NS(=O)(=O)c1cc(-c2nncs2)ccc1Cl. The van der Waals surface area contributed by atoms with Crippen LogP contribution in [-0.4, -0.2) is 18.6 Å². The molecule has 0 aliphatic carbocycles. The number of primary sulfonamides is 1. The van der Waals surface area contributed by atoms with Crippen LogP contribution in [0.3, 0.4) is 0 Å². The summed E-state index contributed by atoms with van der Waals surface area (Å²) in [7, 11) is -3.82. The number of nitrogens with two attached hydrogens (primary N) is 1. The highest BCUT2D eigenvalue weighted by Gasteiger charge is 2.14. The normalized spacial score (nSPS) is 11.6. The zero-order chi connectivity index (χ0) is 11.8. The third-order valence-corrected chi connectivity index (χ3v) is 3.98. The maximum Gasteiger partial charge on any atom is 0.239 e. The summed E-state index contributed by atoms with van der Waals surface area (Å²) in [5.41, 5.74) is 2.18. The topological polar surface area (TPSA) is 85.9 Å². The van der Waals surface area contributed by atoms with E-state index in [1.54, 1.807) is 11.6 Å². The minimum absolute atomic E-state index is 0.0933. The van der Waals surface area contributed by atoms with Gasteiger partial charge in [0.25, 0.3) is 0 Å². The molecule has 0 spiro atoms. The first kappa shape index (κ1) is 11.5. The maximum atomic E-state index is 11.2. The Labute approximate surface area is 101 Å². The molecule has 1 heterocycles. The van der Waals surface area contributed by atoms with Gasteiger partial charge in [-0.05, 0) is 12.1 Å². The number of rotatable bonds is 2. The highest BCUT2D eigenvalue weighted by atomic mass is 35.5. The van der Waals surface area contributed by atoms with E-state index in [0.29, 0.717) is 10.6 Å². The summed E-state index contributed by atoms with van der Waals surface area (Å²) in [5, 5.41) is 13.2. The molecule has 2 rings (SSSR count). The molecule has 8 heteroatoms. The van der Waals surface area contributed by atoms with Crippen molar-refractivity contribution in [2.45, 2.75) is 4.90 Å². The number of hydrogen-bond acceptors (Lipinski definition) is 5. The standard InChI is InChI=1S/C8H6ClN3O2S2/c9-6-2-1-5(8-12-11-4-15-8)3-7(6)16(10,13)14/h1-4H,(H2,10,13,14). The monoisotopic (exact) mass is 275 g/mol. The van der Waals surface area contributed by atoms with Gasteiger partial charge in [0, 0.05) is 5.56 Å². The Morgan fingerprint density at radius 2 is 2.12 bits per heavy atom. The Morgan fingerprint density at radius 3 is 2.69 bits per heavy atom. The number of halogens is 1. The molecule has 0 saturated carbocycles. The molecule has 0 atom stereocenters. The van der Waals surface area contributed by atoms with Crippen LogP contribution >= 0.6 is 22.9 Å². The van der Waals surface area contributed by atoms with Crippen LogP contribution in [0, 0.1) is 0 Å². The summed E-state index contributed by atoms with van der Waals surface area (Å²) < 4.78 is 22.5. The lowest BCUT2D eigenvalue weighted by Gasteiger charge is -2.03. The number of aromatic nitrogens is 2. The summed E-state index contributed by atoms with van der Waals surface area (Å²) in [6.45, 7) is 0. The van der Waals surface area contributed by atoms with Crippen molar-refractivity contribution in [3.05, 3.63) is 28.7 Å². The van der Waals surface area contributed by atoms with Crippen LogP contribution in [0.2, 0.25) is 5.02 Å². The summed E-state index contributed by atoms with van der Waals surface area (Å²) in [4.78, 5) is -0.109. The van der Waals surface area contributed by atoms with Crippen LogP contribution < -0.4 is 5.14 Å². The summed E-state index contributed by atoms with van der Waals surface area (Å²) in [5.74, 6) is 0. The zero-order valence-corrected chi connectivity index (χ0v) is 10.2. The highest BCUT2D eigenvalue weighted by molar-refractivity contribution is 7.89. The third-order valence-electron chi connectivity index (χ3n) is 1.84. The van der Waals surface area contributed by atoms with E-state index in [1.807, 2.05) is 0 Å².